The number of halogens is 2. The smallest absolute Gasteiger partial charge is 0.142 e. The second-order valence-corrected chi connectivity index (χ2v) is 8.96. The van der Waals surface area contributed by atoms with Crippen molar-refractivity contribution < 1.29 is 4.39 Å². The summed E-state index contributed by atoms with van der Waals surface area (Å²) < 4.78 is 14.3. The van der Waals surface area contributed by atoms with Crippen LogP contribution in [-0.4, -0.2) is 29.1 Å². The van der Waals surface area contributed by atoms with Gasteiger partial charge in [-0.25, -0.2) is 4.39 Å². The molecule has 30 heavy (non-hydrogen) atoms. The molecule has 160 valence electrons. The summed E-state index contributed by atoms with van der Waals surface area (Å²) in [5.74, 6) is 1.34. The van der Waals surface area contributed by atoms with Gasteiger partial charge in [-0.2, -0.15) is 0 Å². The molecule has 2 atom stereocenters. The number of benzene rings is 1. The molecule has 3 rings (SSSR count). The number of hydrogen-bond donors (Lipinski definition) is 1. The summed E-state index contributed by atoms with van der Waals surface area (Å²) in [5, 5.41) is 5.74. The molecule has 6 heteroatoms. The molecular weight excluding hydrogens is 417 g/mol. The van der Waals surface area contributed by atoms with Crippen LogP contribution in [0.5, 0.6) is 0 Å². The van der Waals surface area contributed by atoms with Crippen molar-refractivity contribution in [1.29, 1.82) is 0 Å². The van der Waals surface area contributed by atoms with Crippen molar-refractivity contribution in [1.82, 2.24) is 10.2 Å². The first-order chi connectivity index (χ1) is 14.3. The molecule has 1 aromatic rings. The van der Waals surface area contributed by atoms with Crippen LogP contribution in [0.1, 0.15) is 45.2 Å². The minimum atomic E-state index is -0.423. The van der Waals surface area contributed by atoms with E-state index >= 15 is 0 Å². The van der Waals surface area contributed by atoms with Crippen LogP contribution in [0.4, 0.5) is 4.39 Å². The van der Waals surface area contributed by atoms with E-state index in [-0.39, 0.29) is 17.1 Å². The summed E-state index contributed by atoms with van der Waals surface area (Å²) in [6, 6.07) is 4.94. The Kier molecular flexibility index (Phi) is 7.48. The van der Waals surface area contributed by atoms with Crippen LogP contribution in [0.2, 0.25) is 5.02 Å². The predicted octanol–water partition coefficient (Wildman–Crippen LogP) is 6.62. The zero-order valence-electron chi connectivity index (χ0n) is 17.8. The van der Waals surface area contributed by atoms with Gasteiger partial charge in [-0.15, -0.1) is 11.8 Å². The van der Waals surface area contributed by atoms with Gasteiger partial charge < -0.3 is 10.2 Å². The highest BCUT2D eigenvalue weighted by Crippen LogP contribution is 2.42. The van der Waals surface area contributed by atoms with Gasteiger partial charge in [0.25, 0.3) is 0 Å². The molecule has 0 aliphatic carbocycles. The Labute approximate surface area is 188 Å². The summed E-state index contributed by atoms with van der Waals surface area (Å²) in [5.41, 5.74) is 5.08. The van der Waals surface area contributed by atoms with E-state index in [2.05, 4.69) is 35.7 Å². The summed E-state index contributed by atoms with van der Waals surface area (Å²) in [6.07, 6.45) is 3.78. The van der Waals surface area contributed by atoms with E-state index in [1.165, 1.54) is 11.8 Å². The summed E-state index contributed by atoms with van der Waals surface area (Å²) in [6.45, 7) is 15.3. The lowest BCUT2D eigenvalue weighted by molar-refractivity contribution is 0.504. The molecule has 1 fully saturated rings. The molecule has 2 aliphatic rings. The average Bonchev–Trinajstić information content (AvgIpc) is 3.12. The fourth-order valence-corrected chi connectivity index (χ4v) is 4.71. The molecule has 2 aliphatic heterocycles. The Bertz CT molecular complexity index is 934. The van der Waals surface area contributed by atoms with Gasteiger partial charge in [-0.3, -0.25) is 4.99 Å². The molecule has 3 nitrogen and oxygen atoms in total. The van der Waals surface area contributed by atoms with Crippen LogP contribution >= 0.6 is 23.4 Å². The third-order valence-electron chi connectivity index (χ3n) is 5.34. The molecule has 0 radical (unpaired) electrons. The average molecular weight is 446 g/mol. The van der Waals surface area contributed by atoms with Crippen molar-refractivity contribution in [2.24, 2.45) is 4.99 Å². The zero-order valence-corrected chi connectivity index (χ0v) is 19.4. The first-order valence-corrected chi connectivity index (χ1v) is 11.6. The van der Waals surface area contributed by atoms with E-state index in [4.69, 9.17) is 16.6 Å². The zero-order chi connectivity index (χ0) is 21.8. The van der Waals surface area contributed by atoms with Crippen LogP contribution in [-0.2, 0) is 0 Å². The van der Waals surface area contributed by atoms with Crippen molar-refractivity contribution in [3.05, 3.63) is 81.8 Å². The van der Waals surface area contributed by atoms with Gasteiger partial charge in [0, 0.05) is 36.0 Å². The highest BCUT2D eigenvalue weighted by molar-refractivity contribution is 8.02. The third-order valence-corrected chi connectivity index (χ3v) is 6.54. The summed E-state index contributed by atoms with van der Waals surface area (Å²) >= 11 is 7.64. The van der Waals surface area contributed by atoms with Crippen molar-refractivity contribution in [2.45, 2.75) is 45.7 Å². The highest BCUT2D eigenvalue weighted by Gasteiger charge is 2.38. The monoisotopic (exact) mass is 445 g/mol. The molecule has 2 heterocycles. The van der Waals surface area contributed by atoms with Gasteiger partial charge in [0.05, 0.1) is 10.8 Å². The number of rotatable bonds is 8. The quantitative estimate of drug-likeness (QED) is 0.487. The fourth-order valence-electron chi connectivity index (χ4n) is 3.92. The number of amidine groups is 1. The van der Waals surface area contributed by atoms with E-state index in [0.717, 1.165) is 53.4 Å². The number of nitrogens with zero attached hydrogens (tertiary/aromatic N) is 2. The third kappa shape index (κ3) is 4.84. The predicted molar refractivity (Wildman–Crippen MR) is 128 cm³/mol. The molecule has 1 N–H and O–H groups in total. The van der Waals surface area contributed by atoms with Gasteiger partial charge in [0.15, 0.2) is 0 Å². The highest BCUT2D eigenvalue weighted by atomic mass is 35.5. The molecule has 1 aromatic carbocycles. The van der Waals surface area contributed by atoms with Gasteiger partial charge in [0.1, 0.15) is 17.7 Å². The maximum absolute atomic E-state index is 14.3. The standard InChI is InChI=1S/C24H29ClFN3S/c1-6-10-30-14-22-28-24(17-8-9-19(25)20(26)11-17)23(15(3)4)21-12-18(13-29(21)22)27-16(5)7-2/h6,8-11,18,24,27H,3,5,7,12-14H2,1-2,4H3/b10-6-. The molecule has 1 saturated heterocycles. The summed E-state index contributed by atoms with van der Waals surface area (Å²) in [4.78, 5) is 7.39. The van der Waals surface area contributed by atoms with Gasteiger partial charge in [0.2, 0.25) is 0 Å². The van der Waals surface area contributed by atoms with Crippen LogP contribution < -0.4 is 5.32 Å². The second-order valence-electron chi connectivity index (χ2n) is 7.66. The van der Waals surface area contributed by atoms with Crippen LogP contribution in [0.25, 0.3) is 0 Å². The first kappa shape index (κ1) is 22.7. The number of aliphatic imine (C=N–C) groups is 1. The van der Waals surface area contributed by atoms with Gasteiger partial charge in [-0.05, 0) is 43.4 Å². The van der Waals surface area contributed by atoms with Crippen LogP contribution in [0.3, 0.4) is 0 Å². The normalized spacial score (nSPS) is 21.1. The molecule has 0 amide bonds. The van der Waals surface area contributed by atoms with Crippen LogP contribution in [0, 0.1) is 5.82 Å². The Morgan fingerprint density at radius 2 is 2.20 bits per heavy atom. The number of hydrogen-bond acceptors (Lipinski definition) is 4. The SMILES string of the molecule is C=C(CC)NC1CC2=C(C(=C)C)C(c3ccc(Cl)c(F)c3)N=C(CS/C=C\C)N2C1. The Morgan fingerprint density at radius 1 is 1.43 bits per heavy atom. The number of fused-ring (bicyclic) bond motifs is 1. The Balaban J connectivity index is 2.04. The Hall–Kier alpha value is -1.98. The maximum Gasteiger partial charge on any atom is 0.142 e. The number of thioether (sulfide) groups is 1. The lowest BCUT2D eigenvalue weighted by Crippen LogP contribution is -2.37. The molecule has 0 spiro atoms. The van der Waals surface area contributed by atoms with Crippen molar-refractivity contribution in [3.8, 4) is 0 Å². The minimum absolute atomic E-state index is 0.122. The van der Waals surface area contributed by atoms with Crippen molar-refractivity contribution in [2.75, 3.05) is 12.3 Å². The molecule has 0 aromatic heterocycles. The molecule has 0 saturated carbocycles. The largest absolute Gasteiger partial charge is 0.384 e. The van der Waals surface area contributed by atoms with Gasteiger partial charge in [-0.1, -0.05) is 49.4 Å². The van der Waals surface area contributed by atoms with E-state index < -0.39 is 5.82 Å². The molecular formula is C24H29ClFN3S. The minimum Gasteiger partial charge on any atom is -0.384 e. The number of allylic oxidation sites excluding steroid dienone is 2. The van der Waals surface area contributed by atoms with Crippen molar-refractivity contribution >= 4 is 29.2 Å². The van der Waals surface area contributed by atoms with E-state index in [1.807, 2.05) is 26.0 Å². The molecule has 0 bridgehead atoms. The topological polar surface area (TPSA) is 27.6 Å². The summed E-state index contributed by atoms with van der Waals surface area (Å²) in [7, 11) is 0. The number of nitrogens with one attached hydrogen (secondary N) is 1. The van der Waals surface area contributed by atoms with Gasteiger partial charge >= 0.3 is 0 Å². The molecule has 2 unspecified atom stereocenters. The lowest BCUT2D eigenvalue weighted by atomic mass is 9.90. The fraction of sp³-hybridized carbons (Fsp3) is 0.375. The van der Waals surface area contributed by atoms with E-state index in [9.17, 15) is 4.39 Å². The van der Waals surface area contributed by atoms with Crippen LogP contribution in [0.15, 0.2) is 70.4 Å². The Morgan fingerprint density at radius 3 is 2.83 bits per heavy atom. The van der Waals surface area contributed by atoms with E-state index in [0.29, 0.717) is 0 Å². The second kappa shape index (κ2) is 9.88. The maximum atomic E-state index is 14.3. The van der Waals surface area contributed by atoms with E-state index in [1.54, 1.807) is 17.8 Å². The lowest BCUT2D eigenvalue weighted by Gasteiger charge is -2.33. The first-order valence-electron chi connectivity index (χ1n) is 10.2. The van der Waals surface area contributed by atoms with Crippen molar-refractivity contribution in [3.63, 3.8) is 0 Å².